The van der Waals surface area contributed by atoms with Crippen molar-refractivity contribution in [1.29, 1.82) is 0 Å². The average molecular weight is 290 g/mol. The van der Waals surface area contributed by atoms with Crippen LogP contribution < -0.4 is 10.1 Å². The van der Waals surface area contributed by atoms with E-state index in [4.69, 9.17) is 4.74 Å². The van der Waals surface area contributed by atoms with E-state index in [1.54, 1.807) is 12.0 Å². The lowest BCUT2D eigenvalue weighted by Gasteiger charge is -2.19. The molecule has 21 heavy (non-hydrogen) atoms. The smallest absolute Gasteiger partial charge is 0.239 e. The molecule has 5 nitrogen and oxygen atoms in total. The highest BCUT2D eigenvalue weighted by molar-refractivity contribution is 5.84. The molecule has 114 valence electrons. The van der Waals surface area contributed by atoms with Crippen LogP contribution in [0.3, 0.4) is 0 Å². The summed E-state index contributed by atoms with van der Waals surface area (Å²) >= 11 is 0. The number of amides is 2. The molecule has 0 heterocycles. The molecule has 0 radical (unpaired) electrons. The van der Waals surface area contributed by atoms with Gasteiger partial charge in [0.1, 0.15) is 5.75 Å². The molecule has 2 amide bonds. The highest BCUT2D eigenvalue weighted by atomic mass is 16.5. The minimum atomic E-state index is -0.105. The Kier molecular flexibility index (Phi) is 5.20. The van der Waals surface area contributed by atoms with Crippen LogP contribution in [-0.4, -0.2) is 43.0 Å². The molecule has 0 aromatic heterocycles. The SMILES string of the molecule is COc1ccccc1CCNC(=O)CN(C(C)=O)C1CC1. The van der Waals surface area contributed by atoms with Crippen molar-refractivity contribution in [1.82, 2.24) is 10.2 Å². The maximum atomic E-state index is 11.9. The summed E-state index contributed by atoms with van der Waals surface area (Å²) < 4.78 is 5.27. The Labute approximate surface area is 125 Å². The molecule has 0 bridgehead atoms. The van der Waals surface area contributed by atoms with Crippen LogP contribution in [0.5, 0.6) is 5.75 Å². The molecule has 5 heteroatoms. The van der Waals surface area contributed by atoms with Gasteiger partial charge in [-0.25, -0.2) is 0 Å². The topological polar surface area (TPSA) is 58.6 Å². The molecule has 1 saturated carbocycles. The van der Waals surface area contributed by atoms with Gasteiger partial charge in [0.2, 0.25) is 11.8 Å². The van der Waals surface area contributed by atoms with Gasteiger partial charge in [-0.2, -0.15) is 0 Å². The number of carbonyl (C=O) groups excluding carboxylic acids is 2. The summed E-state index contributed by atoms with van der Waals surface area (Å²) in [5, 5.41) is 2.86. The highest BCUT2D eigenvalue weighted by Crippen LogP contribution is 2.26. The number of ether oxygens (including phenoxy) is 1. The normalized spacial score (nSPS) is 13.6. The Morgan fingerprint density at radius 3 is 2.67 bits per heavy atom. The Bertz CT molecular complexity index is 512. The van der Waals surface area contributed by atoms with Crippen molar-refractivity contribution in [3.63, 3.8) is 0 Å². The second kappa shape index (κ2) is 7.11. The lowest BCUT2D eigenvalue weighted by atomic mass is 10.1. The molecule has 1 N–H and O–H groups in total. The van der Waals surface area contributed by atoms with Crippen LogP contribution in [0.2, 0.25) is 0 Å². The van der Waals surface area contributed by atoms with Crippen LogP contribution in [0, 0.1) is 0 Å². The maximum absolute atomic E-state index is 11.9. The van der Waals surface area contributed by atoms with E-state index < -0.39 is 0 Å². The molecule has 2 rings (SSSR count). The van der Waals surface area contributed by atoms with Crippen molar-refractivity contribution in [2.24, 2.45) is 0 Å². The summed E-state index contributed by atoms with van der Waals surface area (Å²) in [6.07, 6.45) is 2.72. The van der Waals surface area contributed by atoms with E-state index >= 15 is 0 Å². The fourth-order valence-electron chi connectivity index (χ4n) is 2.34. The Morgan fingerprint density at radius 2 is 2.05 bits per heavy atom. The van der Waals surface area contributed by atoms with Crippen LogP contribution in [0.1, 0.15) is 25.3 Å². The number of rotatable bonds is 7. The number of hydrogen-bond donors (Lipinski definition) is 1. The Morgan fingerprint density at radius 1 is 1.33 bits per heavy atom. The first-order valence-corrected chi connectivity index (χ1v) is 7.27. The summed E-state index contributed by atoms with van der Waals surface area (Å²) in [6.45, 7) is 2.21. The van der Waals surface area contributed by atoms with Crippen molar-refractivity contribution >= 4 is 11.8 Å². The van der Waals surface area contributed by atoms with Gasteiger partial charge in [-0.3, -0.25) is 9.59 Å². The van der Waals surface area contributed by atoms with E-state index in [9.17, 15) is 9.59 Å². The van der Waals surface area contributed by atoms with Gasteiger partial charge in [0.15, 0.2) is 0 Å². The fraction of sp³-hybridized carbons (Fsp3) is 0.500. The third-order valence-corrected chi connectivity index (χ3v) is 3.62. The van der Waals surface area contributed by atoms with E-state index in [1.165, 1.54) is 6.92 Å². The van der Waals surface area contributed by atoms with Crippen LogP contribution in [0.4, 0.5) is 0 Å². The molecule has 0 saturated heterocycles. The van der Waals surface area contributed by atoms with Gasteiger partial charge in [-0.1, -0.05) is 18.2 Å². The number of para-hydroxylation sites is 1. The second-order valence-electron chi connectivity index (χ2n) is 5.29. The molecule has 0 aliphatic heterocycles. The van der Waals surface area contributed by atoms with Gasteiger partial charge in [-0.05, 0) is 30.9 Å². The molecule has 1 aromatic carbocycles. The van der Waals surface area contributed by atoms with E-state index in [-0.39, 0.29) is 24.4 Å². The number of nitrogens with zero attached hydrogens (tertiary/aromatic N) is 1. The molecular formula is C16H22N2O3. The van der Waals surface area contributed by atoms with E-state index in [2.05, 4.69) is 5.32 Å². The minimum absolute atomic E-state index is 0.0302. The Hall–Kier alpha value is -2.04. The average Bonchev–Trinajstić information content (AvgIpc) is 3.29. The van der Waals surface area contributed by atoms with Crippen molar-refractivity contribution in [3.05, 3.63) is 29.8 Å². The predicted octanol–water partition coefficient (Wildman–Crippen LogP) is 1.36. The lowest BCUT2D eigenvalue weighted by molar-refractivity contribution is -0.134. The van der Waals surface area contributed by atoms with Crippen LogP contribution in [0.15, 0.2) is 24.3 Å². The van der Waals surface area contributed by atoms with Crippen molar-refractivity contribution in [3.8, 4) is 5.75 Å². The maximum Gasteiger partial charge on any atom is 0.239 e. The predicted molar refractivity (Wildman–Crippen MR) is 80.1 cm³/mol. The lowest BCUT2D eigenvalue weighted by Crippen LogP contribution is -2.41. The first kappa shape index (κ1) is 15.4. The summed E-state index contributed by atoms with van der Waals surface area (Å²) in [4.78, 5) is 25.0. The van der Waals surface area contributed by atoms with Crippen LogP contribution >= 0.6 is 0 Å². The van der Waals surface area contributed by atoms with Crippen molar-refractivity contribution < 1.29 is 14.3 Å². The van der Waals surface area contributed by atoms with Crippen molar-refractivity contribution in [2.45, 2.75) is 32.2 Å². The number of methoxy groups -OCH3 is 1. The van der Waals surface area contributed by atoms with Gasteiger partial charge in [0, 0.05) is 19.5 Å². The summed E-state index contributed by atoms with van der Waals surface area (Å²) in [6, 6.07) is 8.02. The second-order valence-corrected chi connectivity index (χ2v) is 5.29. The zero-order valence-corrected chi connectivity index (χ0v) is 12.6. The number of carbonyl (C=O) groups is 2. The van der Waals surface area contributed by atoms with E-state index in [0.717, 1.165) is 24.2 Å². The number of hydrogen-bond acceptors (Lipinski definition) is 3. The monoisotopic (exact) mass is 290 g/mol. The van der Waals surface area contributed by atoms with E-state index in [1.807, 2.05) is 24.3 Å². The molecular weight excluding hydrogens is 268 g/mol. The minimum Gasteiger partial charge on any atom is -0.496 e. The highest BCUT2D eigenvalue weighted by Gasteiger charge is 2.31. The van der Waals surface area contributed by atoms with Gasteiger partial charge in [-0.15, -0.1) is 0 Å². The third-order valence-electron chi connectivity index (χ3n) is 3.62. The molecule has 1 aliphatic rings. The van der Waals surface area contributed by atoms with Crippen LogP contribution in [0.25, 0.3) is 0 Å². The molecule has 1 aliphatic carbocycles. The zero-order valence-electron chi connectivity index (χ0n) is 12.6. The summed E-state index contributed by atoms with van der Waals surface area (Å²) in [5.41, 5.74) is 1.06. The third kappa shape index (κ3) is 4.48. The van der Waals surface area contributed by atoms with Crippen LogP contribution in [-0.2, 0) is 16.0 Å². The molecule has 1 aromatic rings. The van der Waals surface area contributed by atoms with E-state index in [0.29, 0.717) is 13.0 Å². The molecule has 0 unspecified atom stereocenters. The van der Waals surface area contributed by atoms with Gasteiger partial charge in [0.25, 0.3) is 0 Å². The first-order chi connectivity index (χ1) is 10.1. The molecule has 0 atom stereocenters. The largest absolute Gasteiger partial charge is 0.496 e. The van der Waals surface area contributed by atoms with Crippen molar-refractivity contribution in [2.75, 3.05) is 20.2 Å². The zero-order chi connectivity index (χ0) is 15.2. The Balaban J connectivity index is 1.77. The van der Waals surface area contributed by atoms with Gasteiger partial charge >= 0.3 is 0 Å². The number of benzene rings is 1. The standard InChI is InChI=1S/C16H22N2O3/c1-12(19)18(14-7-8-14)11-16(20)17-10-9-13-5-3-4-6-15(13)21-2/h3-6,14H,7-11H2,1-2H3,(H,17,20). The summed E-state index contributed by atoms with van der Waals surface area (Å²) in [5.74, 6) is 0.694. The summed E-state index contributed by atoms with van der Waals surface area (Å²) in [7, 11) is 1.64. The van der Waals surface area contributed by atoms with Gasteiger partial charge in [0.05, 0.1) is 13.7 Å². The molecule has 0 spiro atoms. The quantitative estimate of drug-likeness (QED) is 0.825. The molecule has 1 fully saturated rings. The van der Waals surface area contributed by atoms with Gasteiger partial charge < -0.3 is 15.0 Å². The number of nitrogens with one attached hydrogen (secondary N) is 1. The first-order valence-electron chi connectivity index (χ1n) is 7.27. The fourth-order valence-corrected chi connectivity index (χ4v) is 2.34.